The fraction of sp³-hybridized carbons (Fsp3) is 0.611. The zero-order valence-corrected chi connectivity index (χ0v) is 15.0. The van der Waals surface area contributed by atoms with Crippen LogP contribution in [0.1, 0.15) is 59.6 Å². The Morgan fingerprint density at radius 2 is 1.52 bits per heavy atom. The Morgan fingerprint density at radius 3 is 1.95 bits per heavy atom. The van der Waals surface area contributed by atoms with Crippen molar-refractivity contribution >= 4 is 5.97 Å². The average Bonchev–Trinajstić information content (AvgIpc) is 2.43. The van der Waals surface area contributed by atoms with Gasteiger partial charge in [0.1, 0.15) is 5.60 Å². The summed E-state index contributed by atoms with van der Waals surface area (Å²) in [6, 6.07) is 8.23. The molecule has 1 aromatic rings. The SMILES string of the molecule is CC.CC.Cc1ccc(CNCC(=O)OC(C)(C)C)cc1. The zero-order chi connectivity index (χ0) is 16.9. The van der Waals surface area contributed by atoms with Gasteiger partial charge in [0.05, 0.1) is 6.54 Å². The highest BCUT2D eigenvalue weighted by atomic mass is 16.6. The number of aryl methyl sites for hydroxylation is 1. The maximum Gasteiger partial charge on any atom is 0.320 e. The number of hydrogen-bond donors (Lipinski definition) is 1. The topological polar surface area (TPSA) is 38.3 Å². The first-order valence-electron chi connectivity index (χ1n) is 7.85. The van der Waals surface area contributed by atoms with Crippen molar-refractivity contribution in [2.75, 3.05) is 6.54 Å². The highest BCUT2D eigenvalue weighted by Crippen LogP contribution is 2.06. The van der Waals surface area contributed by atoms with E-state index in [1.807, 2.05) is 48.5 Å². The molecule has 0 saturated carbocycles. The minimum atomic E-state index is -0.414. The van der Waals surface area contributed by atoms with Gasteiger partial charge >= 0.3 is 5.97 Å². The van der Waals surface area contributed by atoms with Gasteiger partial charge in [-0.1, -0.05) is 57.5 Å². The second-order valence-electron chi connectivity index (χ2n) is 5.18. The number of nitrogens with one attached hydrogen (secondary N) is 1. The predicted molar refractivity (Wildman–Crippen MR) is 91.4 cm³/mol. The average molecular weight is 295 g/mol. The number of carbonyl (C=O) groups is 1. The van der Waals surface area contributed by atoms with Crippen LogP contribution in [0.2, 0.25) is 0 Å². The standard InChI is InChI=1S/C14H21NO2.2C2H6/c1-11-5-7-12(8-6-11)9-15-10-13(16)17-14(2,3)4;2*1-2/h5-8,15H,9-10H2,1-4H3;2*1-2H3. The van der Waals surface area contributed by atoms with Gasteiger partial charge in [0, 0.05) is 6.54 Å². The van der Waals surface area contributed by atoms with E-state index in [9.17, 15) is 4.79 Å². The summed E-state index contributed by atoms with van der Waals surface area (Å²) >= 11 is 0. The van der Waals surface area contributed by atoms with E-state index in [1.165, 1.54) is 11.1 Å². The Labute approximate surface area is 131 Å². The highest BCUT2D eigenvalue weighted by molar-refractivity contribution is 5.72. The summed E-state index contributed by atoms with van der Waals surface area (Å²) in [6.07, 6.45) is 0. The number of esters is 1. The largest absolute Gasteiger partial charge is 0.459 e. The maximum absolute atomic E-state index is 11.4. The fourth-order valence-electron chi connectivity index (χ4n) is 1.39. The summed E-state index contributed by atoms with van der Waals surface area (Å²) in [5.41, 5.74) is 1.99. The van der Waals surface area contributed by atoms with E-state index in [2.05, 4.69) is 36.5 Å². The number of rotatable bonds is 4. The lowest BCUT2D eigenvalue weighted by Gasteiger charge is -2.19. The van der Waals surface area contributed by atoms with Gasteiger partial charge in [0.2, 0.25) is 0 Å². The molecule has 0 spiro atoms. The molecule has 122 valence electrons. The lowest BCUT2D eigenvalue weighted by atomic mass is 10.1. The summed E-state index contributed by atoms with van der Waals surface area (Å²) in [5.74, 6) is -0.218. The van der Waals surface area contributed by atoms with Gasteiger partial charge in [-0.2, -0.15) is 0 Å². The molecule has 1 aromatic carbocycles. The van der Waals surface area contributed by atoms with E-state index in [-0.39, 0.29) is 12.5 Å². The van der Waals surface area contributed by atoms with E-state index >= 15 is 0 Å². The first-order valence-corrected chi connectivity index (χ1v) is 7.85. The lowest BCUT2D eigenvalue weighted by molar-refractivity contribution is -0.153. The van der Waals surface area contributed by atoms with E-state index in [0.29, 0.717) is 6.54 Å². The molecule has 0 aromatic heterocycles. The molecule has 0 aliphatic carbocycles. The van der Waals surface area contributed by atoms with E-state index in [0.717, 1.165) is 0 Å². The second kappa shape index (κ2) is 12.4. The van der Waals surface area contributed by atoms with Crippen LogP contribution in [0.5, 0.6) is 0 Å². The molecule has 0 fully saturated rings. The zero-order valence-electron chi connectivity index (χ0n) is 15.0. The molecule has 0 heterocycles. The molecule has 0 aliphatic rings. The van der Waals surface area contributed by atoms with Gasteiger partial charge in [0.25, 0.3) is 0 Å². The summed E-state index contributed by atoms with van der Waals surface area (Å²) < 4.78 is 5.19. The van der Waals surface area contributed by atoms with Crippen molar-refractivity contribution in [3.63, 3.8) is 0 Å². The van der Waals surface area contributed by atoms with Crippen molar-refractivity contribution in [2.24, 2.45) is 0 Å². The van der Waals surface area contributed by atoms with Crippen LogP contribution in [0.3, 0.4) is 0 Å². The smallest absolute Gasteiger partial charge is 0.320 e. The molecule has 3 nitrogen and oxygen atoms in total. The van der Waals surface area contributed by atoms with Crippen LogP contribution in [-0.2, 0) is 16.1 Å². The number of carbonyl (C=O) groups excluding carboxylic acids is 1. The van der Waals surface area contributed by atoms with Crippen LogP contribution in [0.15, 0.2) is 24.3 Å². The van der Waals surface area contributed by atoms with Gasteiger partial charge < -0.3 is 10.1 Å². The molecule has 0 atom stereocenters. The Kier molecular flexibility index (Phi) is 12.9. The molecular weight excluding hydrogens is 262 g/mol. The second-order valence-corrected chi connectivity index (χ2v) is 5.18. The third kappa shape index (κ3) is 13.4. The van der Waals surface area contributed by atoms with Crippen LogP contribution in [0, 0.1) is 6.92 Å². The molecule has 1 N–H and O–H groups in total. The summed E-state index contributed by atoms with van der Waals surface area (Å²) in [7, 11) is 0. The number of hydrogen-bond acceptors (Lipinski definition) is 3. The van der Waals surface area contributed by atoms with Crippen molar-refractivity contribution in [1.82, 2.24) is 5.32 Å². The summed E-state index contributed by atoms with van der Waals surface area (Å²) in [6.45, 7) is 16.6. The molecule has 21 heavy (non-hydrogen) atoms. The molecule has 0 aliphatic heterocycles. The first-order chi connectivity index (χ1) is 9.87. The molecule has 3 heteroatoms. The maximum atomic E-state index is 11.4. The highest BCUT2D eigenvalue weighted by Gasteiger charge is 2.15. The minimum Gasteiger partial charge on any atom is -0.459 e. The minimum absolute atomic E-state index is 0.218. The van der Waals surface area contributed by atoms with Gasteiger partial charge in [-0.05, 0) is 33.3 Å². The van der Waals surface area contributed by atoms with E-state index in [4.69, 9.17) is 4.74 Å². The van der Waals surface area contributed by atoms with Gasteiger partial charge in [-0.25, -0.2) is 0 Å². The normalized spacial score (nSPS) is 9.71. The van der Waals surface area contributed by atoms with Gasteiger partial charge in [-0.15, -0.1) is 0 Å². The molecule has 0 radical (unpaired) electrons. The Morgan fingerprint density at radius 1 is 1.05 bits per heavy atom. The van der Waals surface area contributed by atoms with Crippen LogP contribution in [-0.4, -0.2) is 18.1 Å². The van der Waals surface area contributed by atoms with Crippen molar-refractivity contribution < 1.29 is 9.53 Å². The Balaban J connectivity index is 0. The van der Waals surface area contributed by atoms with Gasteiger partial charge in [-0.3, -0.25) is 4.79 Å². The lowest BCUT2D eigenvalue weighted by Crippen LogP contribution is -2.31. The van der Waals surface area contributed by atoms with Crippen molar-refractivity contribution in [3.05, 3.63) is 35.4 Å². The Bertz CT molecular complexity index is 364. The molecule has 0 amide bonds. The van der Waals surface area contributed by atoms with E-state index < -0.39 is 5.60 Å². The summed E-state index contributed by atoms with van der Waals surface area (Å²) in [5, 5.41) is 3.07. The number of benzene rings is 1. The van der Waals surface area contributed by atoms with Crippen LogP contribution in [0.4, 0.5) is 0 Å². The monoisotopic (exact) mass is 295 g/mol. The Hall–Kier alpha value is -1.35. The van der Waals surface area contributed by atoms with Crippen LogP contribution < -0.4 is 5.32 Å². The molecular formula is C18H33NO2. The van der Waals surface area contributed by atoms with Crippen molar-refractivity contribution in [3.8, 4) is 0 Å². The van der Waals surface area contributed by atoms with E-state index in [1.54, 1.807) is 0 Å². The molecule has 0 saturated heterocycles. The molecule has 1 rings (SSSR count). The third-order valence-electron chi connectivity index (χ3n) is 2.14. The van der Waals surface area contributed by atoms with Crippen LogP contribution in [0.25, 0.3) is 0 Å². The quantitative estimate of drug-likeness (QED) is 0.832. The van der Waals surface area contributed by atoms with Crippen LogP contribution >= 0.6 is 0 Å². The molecule has 0 unspecified atom stereocenters. The van der Waals surface area contributed by atoms with Crippen molar-refractivity contribution in [2.45, 2.75) is 67.5 Å². The first kappa shape index (κ1) is 21.9. The number of ether oxygens (including phenoxy) is 1. The summed E-state index contributed by atoms with van der Waals surface area (Å²) in [4.78, 5) is 11.4. The predicted octanol–water partition coefficient (Wildman–Crippen LogP) is 4.48. The van der Waals surface area contributed by atoms with Crippen molar-refractivity contribution in [1.29, 1.82) is 0 Å². The fourth-order valence-corrected chi connectivity index (χ4v) is 1.39. The third-order valence-corrected chi connectivity index (χ3v) is 2.14. The van der Waals surface area contributed by atoms with Gasteiger partial charge in [0.15, 0.2) is 0 Å². The molecule has 0 bridgehead atoms.